The zero-order chi connectivity index (χ0) is 14.6. The number of guanidine groups is 1. The average Bonchev–Trinajstić information content (AvgIpc) is 2.39. The molecule has 0 saturated heterocycles. The van der Waals surface area contributed by atoms with Gasteiger partial charge in [-0.15, -0.1) is 0 Å². The van der Waals surface area contributed by atoms with Crippen LogP contribution in [0.25, 0.3) is 0 Å². The van der Waals surface area contributed by atoms with Crippen molar-refractivity contribution in [3.63, 3.8) is 0 Å². The molecule has 3 N–H and O–H groups in total. The van der Waals surface area contributed by atoms with E-state index in [1.165, 1.54) is 36.9 Å². The van der Waals surface area contributed by atoms with Crippen LogP contribution in [0.3, 0.4) is 0 Å². The van der Waals surface area contributed by atoms with Gasteiger partial charge in [0.1, 0.15) is 6.33 Å². The second-order valence-electron chi connectivity index (χ2n) is 3.80. The lowest BCUT2D eigenvalue weighted by Gasteiger charge is -2.15. The predicted molar refractivity (Wildman–Crippen MR) is 68.4 cm³/mol. The van der Waals surface area contributed by atoms with E-state index in [1.807, 2.05) is 0 Å². The van der Waals surface area contributed by atoms with Crippen molar-refractivity contribution in [1.82, 2.24) is 9.97 Å². The van der Waals surface area contributed by atoms with Gasteiger partial charge in [-0.2, -0.15) is 13.2 Å². The van der Waals surface area contributed by atoms with Gasteiger partial charge in [-0.3, -0.25) is 5.41 Å². The molecule has 0 fully saturated rings. The summed E-state index contributed by atoms with van der Waals surface area (Å²) < 4.78 is 38.3. The Morgan fingerprint density at radius 1 is 1.05 bits per heavy atom. The highest BCUT2D eigenvalue weighted by Gasteiger charge is 2.33. The van der Waals surface area contributed by atoms with E-state index in [0.29, 0.717) is 5.69 Å². The maximum Gasteiger partial charge on any atom is 0.418 e. The molecule has 0 aliphatic rings. The summed E-state index contributed by atoms with van der Waals surface area (Å²) in [5, 5.41) is 12.5. The zero-order valence-corrected chi connectivity index (χ0v) is 10.1. The zero-order valence-electron chi connectivity index (χ0n) is 10.1. The largest absolute Gasteiger partial charge is 0.418 e. The molecule has 0 bridgehead atoms. The molecule has 1 heterocycles. The first kappa shape index (κ1) is 13.8. The fraction of sp³-hybridized carbons (Fsp3) is 0.0833. The first-order valence-electron chi connectivity index (χ1n) is 5.50. The molecule has 2 rings (SSSR count). The maximum atomic E-state index is 12.8. The Morgan fingerprint density at radius 2 is 1.70 bits per heavy atom. The van der Waals surface area contributed by atoms with Gasteiger partial charge in [0.2, 0.25) is 0 Å². The fourth-order valence-electron chi connectivity index (χ4n) is 1.51. The molecular formula is C12H10F3N5. The Bertz CT molecular complexity index is 598. The number of alkyl halides is 3. The molecule has 104 valence electrons. The van der Waals surface area contributed by atoms with Crippen LogP contribution in [-0.4, -0.2) is 15.9 Å². The number of hydrogen-bond acceptors (Lipinski definition) is 3. The van der Waals surface area contributed by atoms with Crippen molar-refractivity contribution in [3.8, 4) is 0 Å². The van der Waals surface area contributed by atoms with Crippen LogP contribution >= 0.6 is 0 Å². The average molecular weight is 281 g/mol. The lowest BCUT2D eigenvalue weighted by atomic mass is 10.1. The number of rotatable bonds is 2. The molecular weight excluding hydrogens is 271 g/mol. The third-order valence-corrected chi connectivity index (χ3v) is 2.32. The van der Waals surface area contributed by atoms with E-state index in [2.05, 4.69) is 20.6 Å². The first-order valence-corrected chi connectivity index (χ1v) is 5.50. The van der Waals surface area contributed by atoms with Crippen LogP contribution in [0.1, 0.15) is 5.56 Å². The van der Waals surface area contributed by atoms with Gasteiger partial charge in [0.15, 0.2) is 5.96 Å². The molecule has 0 radical (unpaired) electrons. The van der Waals surface area contributed by atoms with Crippen molar-refractivity contribution >= 4 is 17.3 Å². The van der Waals surface area contributed by atoms with Gasteiger partial charge in [0.05, 0.1) is 29.3 Å². The molecule has 2 aromatic rings. The number of nitrogens with zero attached hydrogens (tertiary/aromatic N) is 2. The Balaban J connectivity index is 2.13. The molecule has 1 aromatic heterocycles. The van der Waals surface area contributed by atoms with Crippen molar-refractivity contribution in [3.05, 3.63) is 48.5 Å². The van der Waals surface area contributed by atoms with Crippen LogP contribution < -0.4 is 10.6 Å². The molecule has 8 heteroatoms. The summed E-state index contributed by atoms with van der Waals surface area (Å²) in [4.78, 5) is 7.45. The number of halogens is 3. The third-order valence-electron chi connectivity index (χ3n) is 2.32. The highest BCUT2D eigenvalue weighted by molar-refractivity contribution is 6.01. The highest BCUT2D eigenvalue weighted by atomic mass is 19.4. The summed E-state index contributed by atoms with van der Waals surface area (Å²) in [6.45, 7) is 0. The summed E-state index contributed by atoms with van der Waals surface area (Å²) >= 11 is 0. The summed E-state index contributed by atoms with van der Waals surface area (Å²) in [5.41, 5.74) is -0.639. The highest BCUT2D eigenvalue weighted by Crippen LogP contribution is 2.34. The monoisotopic (exact) mass is 281 g/mol. The minimum absolute atomic E-state index is 0.200. The lowest BCUT2D eigenvalue weighted by molar-refractivity contribution is -0.136. The number of aromatic nitrogens is 2. The summed E-state index contributed by atoms with van der Waals surface area (Å²) in [7, 11) is 0. The van der Waals surface area contributed by atoms with Gasteiger partial charge in [-0.25, -0.2) is 9.97 Å². The lowest BCUT2D eigenvalue weighted by Crippen LogP contribution is -2.22. The first-order chi connectivity index (χ1) is 9.47. The van der Waals surface area contributed by atoms with Gasteiger partial charge >= 0.3 is 6.18 Å². The van der Waals surface area contributed by atoms with Crippen molar-refractivity contribution in [1.29, 1.82) is 5.41 Å². The van der Waals surface area contributed by atoms with E-state index in [1.54, 1.807) is 0 Å². The van der Waals surface area contributed by atoms with Crippen LogP contribution in [0.4, 0.5) is 24.5 Å². The Morgan fingerprint density at radius 3 is 2.35 bits per heavy atom. The van der Waals surface area contributed by atoms with Crippen molar-refractivity contribution < 1.29 is 13.2 Å². The van der Waals surface area contributed by atoms with Crippen LogP contribution in [0.2, 0.25) is 0 Å². The van der Waals surface area contributed by atoms with Crippen molar-refractivity contribution in [2.75, 3.05) is 10.6 Å². The minimum Gasteiger partial charge on any atom is -0.326 e. The van der Waals surface area contributed by atoms with Gasteiger partial charge in [-0.1, -0.05) is 12.1 Å². The van der Waals surface area contributed by atoms with E-state index in [-0.39, 0.29) is 11.6 Å². The maximum absolute atomic E-state index is 12.8. The molecule has 0 amide bonds. The van der Waals surface area contributed by atoms with E-state index < -0.39 is 11.7 Å². The molecule has 0 unspecified atom stereocenters. The van der Waals surface area contributed by atoms with E-state index >= 15 is 0 Å². The Kier molecular flexibility index (Phi) is 3.83. The van der Waals surface area contributed by atoms with E-state index in [0.717, 1.165) is 6.07 Å². The second-order valence-corrected chi connectivity index (χ2v) is 3.80. The number of nitrogens with one attached hydrogen (secondary N) is 3. The van der Waals surface area contributed by atoms with E-state index in [4.69, 9.17) is 5.41 Å². The minimum atomic E-state index is -4.49. The number of anilines is 2. The Hall–Kier alpha value is -2.64. The van der Waals surface area contributed by atoms with Gasteiger partial charge in [0, 0.05) is 0 Å². The number of hydrogen-bond donors (Lipinski definition) is 3. The standard InChI is InChI=1S/C12H10F3N5/c13-12(14,15)9-3-1-2-4-10(9)20-11(16)19-8-5-17-7-18-6-8/h1-7H,(H3,16,19,20). The smallest absolute Gasteiger partial charge is 0.326 e. The van der Waals surface area contributed by atoms with Crippen molar-refractivity contribution in [2.24, 2.45) is 0 Å². The topological polar surface area (TPSA) is 73.7 Å². The SMILES string of the molecule is N=C(Nc1cncnc1)Nc1ccccc1C(F)(F)F. The summed E-state index contributed by atoms with van der Waals surface area (Å²) in [6.07, 6.45) is -0.376. The van der Waals surface area contributed by atoms with Crippen LogP contribution in [0.15, 0.2) is 43.0 Å². The summed E-state index contributed by atoms with van der Waals surface area (Å²) in [5.74, 6) is -0.309. The molecule has 5 nitrogen and oxygen atoms in total. The summed E-state index contributed by atoms with van der Waals surface area (Å²) in [6, 6.07) is 4.94. The van der Waals surface area contributed by atoms with Crippen LogP contribution in [-0.2, 0) is 6.18 Å². The van der Waals surface area contributed by atoms with Crippen LogP contribution in [0, 0.1) is 5.41 Å². The molecule has 20 heavy (non-hydrogen) atoms. The van der Waals surface area contributed by atoms with Crippen LogP contribution in [0.5, 0.6) is 0 Å². The normalized spacial score (nSPS) is 10.9. The molecule has 0 aliphatic heterocycles. The number of para-hydroxylation sites is 1. The predicted octanol–water partition coefficient (Wildman–Crippen LogP) is 2.95. The van der Waals surface area contributed by atoms with Crippen molar-refractivity contribution in [2.45, 2.75) is 6.18 Å². The molecule has 1 aromatic carbocycles. The Labute approximate surface area is 112 Å². The fourth-order valence-corrected chi connectivity index (χ4v) is 1.51. The second kappa shape index (κ2) is 5.55. The molecule has 0 atom stereocenters. The molecule has 0 aliphatic carbocycles. The molecule has 0 saturated carbocycles. The van der Waals surface area contributed by atoms with Gasteiger partial charge in [0.25, 0.3) is 0 Å². The third kappa shape index (κ3) is 3.44. The van der Waals surface area contributed by atoms with Gasteiger partial charge in [-0.05, 0) is 12.1 Å². The molecule has 0 spiro atoms. The number of benzene rings is 1. The van der Waals surface area contributed by atoms with Gasteiger partial charge < -0.3 is 10.6 Å². The quantitative estimate of drug-likeness (QED) is 0.584. The van der Waals surface area contributed by atoms with E-state index in [9.17, 15) is 13.2 Å².